The molecule has 1 atom stereocenters. The van der Waals surface area contributed by atoms with Gasteiger partial charge in [0.1, 0.15) is 17.9 Å². The third kappa shape index (κ3) is 7.15. The molecule has 8 rings (SSSR count). The van der Waals surface area contributed by atoms with Crippen molar-refractivity contribution in [3.05, 3.63) is 64.6 Å². The van der Waals surface area contributed by atoms with Crippen LogP contribution in [-0.4, -0.2) is 78.2 Å². The summed E-state index contributed by atoms with van der Waals surface area (Å²) in [6, 6.07) is 8.49. The molecule has 3 fully saturated rings. The minimum atomic E-state index is -0.523. The molecule has 0 bridgehead atoms. The van der Waals surface area contributed by atoms with Crippen LogP contribution < -0.4 is 0 Å². The molecule has 1 unspecified atom stereocenters. The molecule has 5 heterocycles. The topological polar surface area (TPSA) is 119 Å². The molecule has 3 aliphatic rings. The van der Waals surface area contributed by atoms with Gasteiger partial charge in [0.05, 0.1) is 34.8 Å². The van der Waals surface area contributed by atoms with E-state index in [4.69, 9.17) is 41.1 Å². The fourth-order valence-corrected chi connectivity index (χ4v) is 8.75. The van der Waals surface area contributed by atoms with E-state index in [0.717, 1.165) is 99.7 Å². The Labute approximate surface area is 326 Å². The molecule has 3 aromatic heterocycles. The summed E-state index contributed by atoms with van der Waals surface area (Å²) >= 11 is 7.33. The van der Waals surface area contributed by atoms with Gasteiger partial charge < -0.3 is 19.1 Å². The number of likely N-dealkylation sites (tertiary alicyclic amines) is 1. The van der Waals surface area contributed by atoms with Crippen molar-refractivity contribution in [2.75, 3.05) is 26.3 Å². The molecular weight excluding hydrogens is 718 g/mol. The first-order valence-corrected chi connectivity index (χ1v) is 19.7. The average molecular weight is 768 g/mol. The van der Waals surface area contributed by atoms with Crippen LogP contribution in [0.25, 0.3) is 44.2 Å². The summed E-state index contributed by atoms with van der Waals surface area (Å²) in [4.78, 5) is 26.6. The number of aryl methyl sites for hydroxylation is 1. The maximum atomic E-state index is 12.7. The molecule has 2 saturated heterocycles. The SMILES string of the molecule is CC(C)=CC(=O)OCCn1cc2cc(-c3nn(C4CC5(C4)CN(C(=O)OC(C)(C)C)C5)c(C)c3-c3c(Cl)c(C)cc4c3cnn4C3CCCCO3)ccc2n1. The second-order valence-corrected chi connectivity index (χ2v) is 17.3. The Bertz CT molecular complexity index is 2320. The number of carbonyl (C=O) groups is 2. The van der Waals surface area contributed by atoms with E-state index in [-0.39, 0.29) is 36.4 Å². The summed E-state index contributed by atoms with van der Waals surface area (Å²) in [7, 11) is 0. The predicted octanol–water partition coefficient (Wildman–Crippen LogP) is 8.97. The van der Waals surface area contributed by atoms with Crippen molar-refractivity contribution >= 4 is 45.5 Å². The van der Waals surface area contributed by atoms with Gasteiger partial charge in [0.25, 0.3) is 0 Å². The lowest BCUT2D eigenvalue weighted by molar-refractivity contribution is -0.138. The van der Waals surface area contributed by atoms with E-state index < -0.39 is 5.60 Å². The molecule has 0 radical (unpaired) electrons. The lowest BCUT2D eigenvalue weighted by atomic mass is 9.61. The maximum Gasteiger partial charge on any atom is 0.410 e. The van der Waals surface area contributed by atoms with Gasteiger partial charge in [-0.25, -0.2) is 14.3 Å². The first-order valence-electron chi connectivity index (χ1n) is 19.3. The maximum absolute atomic E-state index is 12.7. The van der Waals surface area contributed by atoms with Gasteiger partial charge in [-0.05, 0) is 104 Å². The zero-order valence-corrected chi connectivity index (χ0v) is 33.6. The Hall–Kier alpha value is -4.68. The lowest BCUT2D eigenvalue weighted by Crippen LogP contribution is -2.64. The second kappa shape index (κ2) is 14.1. The Balaban J connectivity index is 1.15. The number of esters is 1. The van der Waals surface area contributed by atoms with E-state index in [1.807, 2.05) is 74.3 Å². The van der Waals surface area contributed by atoms with Crippen LogP contribution in [0.4, 0.5) is 4.79 Å². The fraction of sp³-hybridized carbons (Fsp3) is 0.500. The molecular formula is C42H50ClN7O5. The Kier molecular flexibility index (Phi) is 9.56. The van der Waals surface area contributed by atoms with Crippen LogP contribution >= 0.6 is 11.6 Å². The minimum Gasteiger partial charge on any atom is -0.461 e. The van der Waals surface area contributed by atoms with Gasteiger partial charge in [-0.2, -0.15) is 15.3 Å². The van der Waals surface area contributed by atoms with Crippen molar-refractivity contribution in [1.29, 1.82) is 0 Å². The number of amides is 1. The largest absolute Gasteiger partial charge is 0.461 e. The van der Waals surface area contributed by atoms with Crippen molar-refractivity contribution in [1.82, 2.24) is 34.2 Å². The first kappa shape index (κ1) is 37.3. The molecule has 1 aliphatic carbocycles. The van der Waals surface area contributed by atoms with E-state index >= 15 is 0 Å². The molecule has 5 aromatic rings. The first-order chi connectivity index (χ1) is 26.2. The summed E-state index contributed by atoms with van der Waals surface area (Å²) < 4.78 is 23.2. The zero-order valence-electron chi connectivity index (χ0n) is 32.8. The third-order valence-corrected chi connectivity index (χ3v) is 11.5. The lowest BCUT2D eigenvalue weighted by Gasteiger charge is -2.58. The van der Waals surface area contributed by atoms with Gasteiger partial charge in [-0.3, -0.25) is 9.36 Å². The Morgan fingerprint density at radius 3 is 2.55 bits per heavy atom. The highest BCUT2D eigenvalue weighted by atomic mass is 35.5. The van der Waals surface area contributed by atoms with Gasteiger partial charge in [0, 0.05) is 70.5 Å². The molecule has 2 aliphatic heterocycles. The number of aromatic nitrogens is 6. The second-order valence-electron chi connectivity index (χ2n) is 16.9. The summed E-state index contributed by atoms with van der Waals surface area (Å²) in [6.07, 6.45) is 9.93. The van der Waals surface area contributed by atoms with Crippen LogP contribution in [0, 0.1) is 19.3 Å². The van der Waals surface area contributed by atoms with Crippen LogP contribution in [0.15, 0.2) is 48.3 Å². The van der Waals surface area contributed by atoms with Gasteiger partial charge in [0.2, 0.25) is 0 Å². The smallest absolute Gasteiger partial charge is 0.410 e. The van der Waals surface area contributed by atoms with Crippen LogP contribution in [-0.2, 0) is 25.5 Å². The molecule has 0 N–H and O–H groups in total. The highest BCUT2D eigenvalue weighted by Gasteiger charge is 2.55. The standard InChI is InChI=1S/C42H50ClN7O5/c1-25(2)16-35(51)54-15-13-48-22-29-18-28(11-12-32(29)45-48)39-36(37-31-21-44-50(34-10-8-9-14-53-34)33(31)17-26(3)38(37)43)27(4)49(46-39)30-19-42(20-30)23-47(24-42)40(52)55-41(5,6)7/h11-12,16-18,21-22,30,34H,8-10,13-15,19-20,23-24H2,1-7H3. The van der Waals surface area contributed by atoms with Gasteiger partial charge >= 0.3 is 12.1 Å². The third-order valence-electron chi connectivity index (χ3n) is 11.0. The molecule has 1 amide bonds. The van der Waals surface area contributed by atoms with E-state index in [2.05, 4.69) is 29.8 Å². The Morgan fingerprint density at radius 2 is 1.84 bits per heavy atom. The predicted molar refractivity (Wildman–Crippen MR) is 212 cm³/mol. The number of ether oxygens (including phenoxy) is 3. The van der Waals surface area contributed by atoms with E-state index in [9.17, 15) is 9.59 Å². The van der Waals surface area contributed by atoms with Crippen LogP contribution in [0.2, 0.25) is 5.02 Å². The van der Waals surface area contributed by atoms with Crippen molar-refractivity contribution in [2.24, 2.45) is 5.41 Å². The van der Waals surface area contributed by atoms with Crippen LogP contribution in [0.5, 0.6) is 0 Å². The number of allylic oxidation sites excluding steroid dienone is 1. The molecule has 1 saturated carbocycles. The highest BCUT2D eigenvalue weighted by Crippen LogP contribution is 2.56. The van der Waals surface area contributed by atoms with E-state index in [0.29, 0.717) is 24.7 Å². The normalized spacial score (nSPS) is 18.4. The van der Waals surface area contributed by atoms with Gasteiger partial charge in [0.15, 0.2) is 6.23 Å². The number of rotatable bonds is 8. The number of benzene rings is 2. The minimum absolute atomic E-state index is 0.0726. The summed E-state index contributed by atoms with van der Waals surface area (Å²) in [5, 5.41) is 17.6. The summed E-state index contributed by atoms with van der Waals surface area (Å²) in [6.45, 7) is 16.4. The zero-order chi connectivity index (χ0) is 38.8. The summed E-state index contributed by atoms with van der Waals surface area (Å²) in [5.41, 5.74) is 7.93. The quantitative estimate of drug-likeness (QED) is 0.113. The number of halogens is 1. The average Bonchev–Trinajstić information content (AvgIpc) is 3.78. The number of hydrogen-bond donors (Lipinski definition) is 0. The number of hydrogen-bond acceptors (Lipinski definition) is 8. The van der Waals surface area contributed by atoms with Crippen LogP contribution in [0.3, 0.4) is 0 Å². The molecule has 13 heteroatoms. The van der Waals surface area contributed by atoms with Crippen molar-refractivity contribution in [2.45, 2.75) is 105 Å². The monoisotopic (exact) mass is 767 g/mol. The molecule has 2 aromatic carbocycles. The van der Waals surface area contributed by atoms with E-state index in [1.165, 1.54) is 6.08 Å². The van der Waals surface area contributed by atoms with Crippen LogP contribution in [0.1, 0.15) is 90.2 Å². The molecule has 1 spiro atoms. The molecule has 55 heavy (non-hydrogen) atoms. The highest BCUT2D eigenvalue weighted by molar-refractivity contribution is 6.36. The fourth-order valence-electron chi connectivity index (χ4n) is 8.50. The van der Waals surface area contributed by atoms with E-state index in [1.54, 1.807) is 0 Å². The van der Waals surface area contributed by atoms with Crippen molar-refractivity contribution in [3.63, 3.8) is 0 Å². The van der Waals surface area contributed by atoms with Gasteiger partial charge in [-0.1, -0.05) is 23.2 Å². The van der Waals surface area contributed by atoms with Gasteiger partial charge in [-0.15, -0.1) is 0 Å². The summed E-state index contributed by atoms with van der Waals surface area (Å²) in [5.74, 6) is -0.353. The van der Waals surface area contributed by atoms with Crippen molar-refractivity contribution in [3.8, 4) is 22.4 Å². The number of fused-ring (bicyclic) bond motifs is 2. The number of nitrogens with zero attached hydrogens (tertiary/aromatic N) is 7. The van der Waals surface area contributed by atoms with Crippen molar-refractivity contribution < 1.29 is 23.8 Å². The molecule has 12 nitrogen and oxygen atoms in total. The Morgan fingerprint density at radius 1 is 1.05 bits per heavy atom. The number of carbonyl (C=O) groups excluding carboxylic acids is 2. The molecule has 290 valence electrons.